The third-order valence-electron chi connectivity index (χ3n) is 4.49. The Kier molecular flexibility index (Phi) is 4.28. The smallest absolute Gasteiger partial charge is 0.190 e. The number of allylic oxidation sites excluding steroid dienone is 1. The maximum absolute atomic E-state index is 5.93. The van der Waals surface area contributed by atoms with E-state index >= 15 is 0 Å². The number of nitrogens with zero attached hydrogens (tertiary/aromatic N) is 2. The molecular formula is C17H23N3O3. The Labute approximate surface area is 136 Å². The zero-order chi connectivity index (χ0) is 16.4. The summed E-state index contributed by atoms with van der Waals surface area (Å²) >= 11 is 0. The molecule has 1 unspecified atom stereocenters. The first-order valence-electron chi connectivity index (χ1n) is 7.74. The number of hydrazone groups is 1. The molecule has 1 aliphatic carbocycles. The molecule has 2 N–H and O–H groups in total. The van der Waals surface area contributed by atoms with Crippen LogP contribution in [-0.4, -0.2) is 50.4 Å². The molecule has 0 radical (unpaired) electrons. The van der Waals surface area contributed by atoms with Gasteiger partial charge in [-0.05, 0) is 18.1 Å². The molecule has 1 heterocycles. The number of ether oxygens (including phenoxy) is 3. The van der Waals surface area contributed by atoms with E-state index in [0.717, 1.165) is 24.0 Å². The maximum atomic E-state index is 5.93. The molecular weight excluding hydrogens is 294 g/mol. The molecule has 6 heteroatoms. The normalized spacial score (nSPS) is 22.3. The Hall–Kier alpha value is -2.05. The first-order chi connectivity index (χ1) is 11.1. The molecule has 23 heavy (non-hydrogen) atoms. The van der Waals surface area contributed by atoms with Crippen LogP contribution >= 0.6 is 0 Å². The number of nitrogen functional groups attached to an aromatic ring is 1. The molecule has 1 spiro atoms. The highest BCUT2D eigenvalue weighted by Crippen LogP contribution is 2.42. The van der Waals surface area contributed by atoms with Crippen LogP contribution in [0.1, 0.15) is 18.4 Å². The van der Waals surface area contributed by atoms with Crippen molar-refractivity contribution in [1.29, 1.82) is 0 Å². The number of anilines is 1. The van der Waals surface area contributed by atoms with E-state index in [-0.39, 0.29) is 6.04 Å². The zero-order valence-electron chi connectivity index (χ0n) is 13.6. The minimum atomic E-state index is -0.470. The van der Waals surface area contributed by atoms with Gasteiger partial charge in [0.15, 0.2) is 5.79 Å². The number of para-hydroxylation sites is 1. The van der Waals surface area contributed by atoms with Gasteiger partial charge < -0.3 is 19.9 Å². The molecule has 1 saturated carbocycles. The van der Waals surface area contributed by atoms with Crippen molar-refractivity contribution in [3.63, 3.8) is 0 Å². The van der Waals surface area contributed by atoms with Gasteiger partial charge in [-0.15, -0.1) is 0 Å². The fraction of sp³-hybridized carbons (Fsp3) is 0.471. The number of hydrogen-bond donors (Lipinski definition) is 1. The van der Waals surface area contributed by atoms with Crippen LogP contribution in [0.4, 0.5) is 5.69 Å². The number of hydrogen-bond acceptors (Lipinski definition) is 6. The molecule has 0 amide bonds. The van der Waals surface area contributed by atoms with Crippen molar-refractivity contribution in [2.75, 3.05) is 33.1 Å². The van der Waals surface area contributed by atoms with Gasteiger partial charge in [0.05, 0.1) is 32.2 Å². The molecule has 1 aromatic carbocycles. The summed E-state index contributed by atoms with van der Waals surface area (Å²) in [5.74, 6) is 0.150. The van der Waals surface area contributed by atoms with Crippen LogP contribution in [0.15, 0.2) is 29.9 Å². The third kappa shape index (κ3) is 2.80. The van der Waals surface area contributed by atoms with Crippen molar-refractivity contribution in [3.8, 4) is 5.75 Å². The van der Waals surface area contributed by atoms with E-state index in [1.54, 1.807) is 19.4 Å². The maximum Gasteiger partial charge on any atom is 0.190 e. The summed E-state index contributed by atoms with van der Waals surface area (Å²) in [7, 11) is 3.52. The molecule has 3 rings (SSSR count). The number of rotatable bonds is 5. The Morgan fingerprint density at radius 1 is 1.48 bits per heavy atom. The highest BCUT2D eigenvalue weighted by Gasteiger charge is 2.54. The van der Waals surface area contributed by atoms with Gasteiger partial charge in [0, 0.05) is 19.0 Å². The van der Waals surface area contributed by atoms with Gasteiger partial charge in [-0.2, -0.15) is 5.10 Å². The minimum Gasteiger partial charge on any atom is -0.494 e. The monoisotopic (exact) mass is 317 g/mol. The number of nitrogens with two attached hydrogens (primary N) is 1. The lowest BCUT2D eigenvalue weighted by Crippen LogP contribution is -2.58. The lowest BCUT2D eigenvalue weighted by Gasteiger charge is -2.47. The van der Waals surface area contributed by atoms with Gasteiger partial charge in [-0.25, -0.2) is 0 Å². The zero-order valence-corrected chi connectivity index (χ0v) is 13.6. The van der Waals surface area contributed by atoms with E-state index < -0.39 is 5.79 Å². The Balaban J connectivity index is 1.70. The van der Waals surface area contributed by atoms with E-state index in [9.17, 15) is 0 Å². The van der Waals surface area contributed by atoms with E-state index in [1.807, 2.05) is 24.2 Å². The predicted octanol–water partition coefficient (Wildman–Crippen LogP) is 2.11. The second-order valence-electron chi connectivity index (χ2n) is 5.83. The van der Waals surface area contributed by atoms with Crippen molar-refractivity contribution in [1.82, 2.24) is 5.01 Å². The average molecular weight is 317 g/mol. The fourth-order valence-electron chi connectivity index (χ4n) is 3.13. The van der Waals surface area contributed by atoms with Gasteiger partial charge in [0.25, 0.3) is 0 Å². The summed E-state index contributed by atoms with van der Waals surface area (Å²) in [6, 6.07) is 5.72. The van der Waals surface area contributed by atoms with E-state index in [1.165, 1.54) is 0 Å². The Morgan fingerprint density at radius 3 is 2.83 bits per heavy atom. The molecule has 124 valence electrons. The van der Waals surface area contributed by atoms with Crippen molar-refractivity contribution in [2.45, 2.75) is 24.7 Å². The second kappa shape index (κ2) is 6.22. The number of likely N-dealkylation sites (N-methyl/N-ethyl adjacent to an activating group) is 1. The first kappa shape index (κ1) is 15.8. The molecule has 1 aromatic rings. The van der Waals surface area contributed by atoms with Gasteiger partial charge in [-0.1, -0.05) is 18.7 Å². The minimum absolute atomic E-state index is 0.136. The SMILES string of the molecule is C=C(/C=N\N(C)C1CCC12OCCO2)c1cccc(N)c1OC. The summed E-state index contributed by atoms with van der Waals surface area (Å²) in [6.07, 6.45) is 3.64. The molecule has 0 bridgehead atoms. The summed E-state index contributed by atoms with van der Waals surface area (Å²) in [6.45, 7) is 5.37. The average Bonchev–Trinajstić information content (AvgIpc) is 3.03. The lowest BCUT2D eigenvalue weighted by atomic mass is 9.84. The molecule has 0 aromatic heterocycles. The second-order valence-corrected chi connectivity index (χ2v) is 5.83. The van der Waals surface area contributed by atoms with Gasteiger partial charge in [0.1, 0.15) is 11.8 Å². The van der Waals surface area contributed by atoms with Gasteiger partial charge in [-0.3, -0.25) is 5.01 Å². The van der Waals surface area contributed by atoms with Crippen molar-refractivity contribution in [3.05, 3.63) is 30.3 Å². The lowest BCUT2D eigenvalue weighted by molar-refractivity contribution is -0.250. The predicted molar refractivity (Wildman–Crippen MR) is 90.4 cm³/mol. The van der Waals surface area contributed by atoms with Crippen LogP contribution < -0.4 is 10.5 Å². The fourth-order valence-corrected chi connectivity index (χ4v) is 3.13. The van der Waals surface area contributed by atoms with Crippen molar-refractivity contribution in [2.24, 2.45) is 5.10 Å². The topological polar surface area (TPSA) is 69.3 Å². The summed E-state index contributed by atoms with van der Waals surface area (Å²) in [5.41, 5.74) is 8.08. The quantitative estimate of drug-likeness (QED) is 0.512. The van der Waals surface area contributed by atoms with Crippen LogP contribution in [0.5, 0.6) is 5.75 Å². The largest absolute Gasteiger partial charge is 0.494 e. The van der Waals surface area contributed by atoms with Gasteiger partial charge >= 0.3 is 0 Å². The molecule has 2 fully saturated rings. The molecule has 2 aliphatic rings. The Bertz CT molecular complexity index is 624. The molecule has 1 aliphatic heterocycles. The summed E-state index contributed by atoms with van der Waals surface area (Å²) in [5, 5.41) is 6.39. The van der Waals surface area contributed by atoms with Crippen LogP contribution in [0.25, 0.3) is 5.57 Å². The number of methoxy groups -OCH3 is 1. The van der Waals surface area contributed by atoms with Crippen LogP contribution in [0.3, 0.4) is 0 Å². The van der Waals surface area contributed by atoms with Crippen LogP contribution in [-0.2, 0) is 9.47 Å². The van der Waals surface area contributed by atoms with E-state index in [0.29, 0.717) is 24.7 Å². The molecule has 1 atom stereocenters. The third-order valence-corrected chi connectivity index (χ3v) is 4.49. The summed E-state index contributed by atoms with van der Waals surface area (Å²) < 4.78 is 16.9. The van der Waals surface area contributed by atoms with E-state index in [4.69, 9.17) is 19.9 Å². The van der Waals surface area contributed by atoms with Gasteiger partial charge in [0.2, 0.25) is 0 Å². The van der Waals surface area contributed by atoms with Crippen molar-refractivity contribution >= 4 is 17.5 Å². The standard InChI is InChI=1S/C17H23N3O3/c1-12(13-5-4-6-14(18)16(13)21-3)11-19-20(2)15-7-8-17(15)22-9-10-23-17/h4-6,11,15H,1,7-10,18H2,2-3H3/b19-11-. The highest BCUT2D eigenvalue weighted by atomic mass is 16.7. The van der Waals surface area contributed by atoms with Crippen molar-refractivity contribution < 1.29 is 14.2 Å². The molecule has 1 saturated heterocycles. The van der Waals surface area contributed by atoms with E-state index in [2.05, 4.69) is 11.7 Å². The number of benzene rings is 1. The first-order valence-corrected chi connectivity index (χ1v) is 7.74. The van der Waals surface area contributed by atoms with Crippen LogP contribution in [0.2, 0.25) is 0 Å². The van der Waals surface area contributed by atoms with Crippen LogP contribution in [0, 0.1) is 0 Å². The summed E-state index contributed by atoms with van der Waals surface area (Å²) in [4.78, 5) is 0. The Morgan fingerprint density at radius 2 is 2.22 bits per heavy atom. The molecule has 6 nitrogen and oxygen atoms in total. The highest BCUT2D eigenvalue weighted by molar-refractivity contribution is 6.10.